The molecule has 0 bridgehead atoms. The maximum Gasteiger partial charge on any atom is 0.356 e. The second-order valence-electron chi connectivity index (χ2n) is 6.21. The van der Waals surface area contributed by atoms with Crippen molar-refractivity contribution < 1.29 is 24.9 Å². The second-order valence-corrected chi connectivity index (χ2v) is 6.21. The van der Waals surface area contributed by atoms with E-state index in [1.54, 1.807) is 0 Å². The van der Waals surface area contributed by atoms with Gasteiger partial charge in [0.25, 0.3) is 0 Å². The van der Waals surface area contributed by atoms with Crippen molar-refractivity contribution in [1.82, 2.24) is 0 Å². The minimum atomic E-state index is -1.50. The Morgan fingerprint density at radius 1 is 0.840 bits per heavy atom. The lowest BCUT2D eigenvalue weighted by Crippen LogP contribution is -2.30. The topological polar surface area (TPSA) is 114 Å². The third kappa shape index (κ3) is 18.7. The number of rotatable bonds is 15. The van der Waals surface area contributed by atoms with Crippen LogP contribution in [0.15, 0.2) is 0 Å². The molecule has 25 heavy (non-hydrogen) atoms. The van der Waals surface area contributed by atoms with Crippen LogP contribution in [0.3, 0.4) is 0 Å². The highest BCUT2D eigenvalue weighted by atomic mass is 17.2. The van der Waals surface area contributed by atoms with Crippen molar-refractivity contribution in [2.24, 2.45) is 0 Å². The first-order chi connectivity index (χ1) is 12.1. The van der Waals surface area contributed by atoms with Crippen molar-refractivity contribution in [3.05, 3.63) is 20.2 Å². The van der Waals surface area contributed by atoms with Crippen LogP contribution < -0.4 is 0 Å². The van der Waals surface area contributed by atoms with E-state index in [2.05, 4.69) is 11.9 Å². The Morgan fingerprint density at radius 3 is 1.52 bits per heavy atom. The summed E-state index contributed by atoms with van der Waals surface area (Å²) in [6.07, 6.45) is 18.6. The Kier molecular flexibility index (Phi) is 16.3. The van der Waals surface area contributed by atoms with Gasteiger partial charge in [-0.1, -0.05) is 84.0 Å². The number of hydrogen-bond acceptors (Lipinski definition) is 7. The monoisotopic (exact) mass is 364 g/mol. The van der Waals surface area contributed by atoms with Crippen LogP contribution in [0.5, 0.6) is 0 Å². The van der Waals surface area contributed by atoms with Crippen LogP contribution in [0.4, 0.5) is 0 Å². The SMILES string of the molecule is CCCCCCCCCCCCCCC1COO1.O=[N+]([O-])O[N+](=O)[O-]. The van der Waals surface area contributed by atoms with E-state index in [0.717, 1.165) is 6.61 Å². The van der Waals surface area contributed by atoms with Crippen LogP contribution >= 0.6 is 0 Å². The number of unbranched alkanes of at least 4 members (excludes halogenated alkanes) is 11. The van der Waals surface area contributed by atoms with Crippen LogP contribution in [0.1, 0.15) is 90.4 Å². The summed E-state index contributed by atoms with van der Waals surface area (Å²) in [5, 5.41) is 14.9. The molecule has 1 aliphatic rings. The average Bonchev–Trinajstić information content (AvgIpc) is 2.49. The van der Waals surface area contributed by atoms with Crippen molar-refractivity contribution in [3.63, 3.8) is 0 Å². The molecule has 1 saturated heterocycles. The van der Waals surface area contributed by atoms with E-state index in [-0.39, 0.29) is 0 Å². The quantitative estimate of drug-likeness (QED) is 0.177. The molecule has 1 unspecified atom stereocenters. The fraction of sp³-hybridized carbons (Fsp3) is 1.00. The van der Waals surface area contributed by atoms with Gasteiger partial charge in [0.05, 0.1) is 0 Å². The fourth-order valence-corrected chi connectivity index (χ4v) is 2.56. The lowest BCUT2D eigenvalue weighted by atomic mass is 10.0. The normalized spacial score (nSPS) is 15.6. The van der Waals surface area contributed by atoms with Crippen LogP contribution in [0.2, 0.25) is 0 Å². The largest absolute Gasteiger partial charge is 0.356 e. The Labute approximate surface area is 149 Å². The zero-order chi connectivity index (χ0) is 18.8. The molecule has 1 rings (SSSR count). The van der Waals surface area contributed by atoms with Gasteiger partial charge in [0.15, 0.2) is 0 Å². The summed E-state index contributed by atoms with van der Waals surface area (Å²) in [6, 6.07) is 0. The third-order valence-electron chi connectivity index (χ3n) is 3.97. The molecule has 0 aliphatic carbocycles. The van der Waals surface area contributed by atoms with Gasteiger partial charge in [-0.2, -0.15) is 0 Å². The average molecular weight is 364 g/mol. The Hall–Kier alpha value is -1.48. The highest BCUT2D eigenvalue weighted by Gasteiger charge is 2.19. The standard InChI is InChI=1S/C16H32O2.N2O5/c1-2-3-4-5-6-7-8-9-10-11-12-13-14-16-15-17-18-16;3-1(4)7-2(5)6/h16H,2-15H2,1H3;. The Morgan fingerprint density at radius 2 is 1.24 bits per heavy atom. The zero-order valence-corrected chi connectivity index (χ0v) is 15.2. The molecule has 0 aromatic heterocycles. The molecule has 0 aromatic carbocycles. The molecule has 0 radical (unpaired) electrons. The highest BCUT2D eigenvalue weighted by Crippen LogP contribution is 2.16. The van der Waals surface area contributed by atoms with Gasteiger partial charge in [-0.15, -0.1) is 20.2 Å². The first-order valence-electron chi connectivity index (χ1n) is 9.31. The molecule has 0 aromatic rings. The van der Waals surface area contributed by atoms with E-state index in [1.165, 1.54) is 83.5 Å². The Balaban J connectivity index is 0.000000697. The van der Waals surface area contributed by atoms with E-state index in [0.29, 0.717) is 6.10 Å². The van der Waals surface area contributed by atoms with E-state index < -0.39 is 10.2 Å². The molecule has 9 heteroatoms. The van der Waals surface area contributed by atoms with Gasteiger partial charge >= 0.3 is 10.2 Å². The van der Waals surface area contributed by atoms with Crippen molar-refractivity contribution in [2.45, 2.75) is 96.5 Å². The van der Waals surface area contributed by atoms with Gasteiger partial charge in [0.2, 0.25) is 0 Å². The van der Waals surface area contributed by atoms with Crippen LogP contribution in [-0.2, 0) is 14.7 Å². The molecule has 0 amide bonds. The first kappa shape index (κ1) is 23.5. The Bertz CT molecular complexity index is 326. The summed E-state index contributed by atoms with van der Waals surface area (Å²) in [6.45, 7) is 3.10. The predicted octanol–water partition coefficient (Wildman–Crippen LogP) is 4.79. The van der Waals surface area contributed by atoms with Crippen molar-refractivity contribution >= 4 is 0 Å². The summed E-state index contributed by atoms with van der Waals surface area (Å²) in [4.78, 5) is 30.2. The van der Waals surface area contributed by atoms with Gasteiger partial charge in [-0.05, 0) is 6.42 Å². The summed E-state index contributed by atoms with van der Waals surface area (Å²) in [5.41, 5.74) is 0. The molecule has 1 aliphatic heterocycles. The molecule has 148 valence electrons. The smallest absolute Gasteiger partial charge is 0.233 e. The molecule has 1 atom stereocenters. The molecule has 9 nitrogen and oxygen atoms in total. The first-order valence-corrected chi connectivity index (χ1v) is 9.31. The lowest BCUT2D eigenvalue weighted by molar-refractivity contribution is -1.03. The molecular formula is C16H32N2O7. The lowest BCUT2D eigenvalue weighted by Gasteiger charge is -2.24. The third-order valence-corrected chi connectivity index (χ3v) is 3.97. The maximum atomic E-state index is 8.95. The molecule has 0 spiro atoms. The van der Waals surface area contributed by atoms with Gasteiger partial charge in [-0.25, -0.2) is 9.78 Å². The highest BCUT2D eigenvalue weighted by molar-refractivity contribution is 4.59. The minimum Gasteiger partial charge on any atom is -0.233 e. The summed E-state index contributed by atoms with van der Waals surface area (Å²) in [7, 11) is 0. The fourth-order valence-electron chi connectivity index (χ4n) is 2.56. The minimum absolute atomic E-state index is 0.410. The van der Waals surface area contributed by atoms with Crippen molar-refractivity contribution in [1.29, 1.82) is 0 Å². The molecular weight excluding hydrogens is 332 g/mol. The summed E-state index contributed by atoms with van der Waals surface area (Å²) in [5.74, 6) is 0. The van der Waals surface area contributed by atoms with E-state index in [9.17, 15) is 0 Å². The summed E-state index contributed by atoms with van der Waals surface area (Å²) >= 11 is 0. The zero-order valence-electron chi connectivity index (χ0n) is 15.2. The molecule has 1 heterocycles. The maximum absolute atomic E-state index is 8.95. The molecule has 1 fully saturated rings. The van der Waals surface area contributed by atoms with E-state index in [4.69, 9.17) is 30.0 Å². The molecule has 0 saturated carbocycles. The van der Waals surface area contributed by atoms with Crippen molar-refractivity contribution in [3.8, 4) is 0 Å². The molecule has 0 N–H and O–H groups in total. The van der Waals surface area contributed by atoms with Gasteiger partial charge in [-0.3, -0.25) is 0 Å². The van der Waals surface area contributed by atoms with Gasteiger partial charge in [0.1, 0.15) is 12.7 Å². The second kappa shape index (κ2) is 17.3. The van der Waals surface area contributed by atoms with Crippen LogP contribution in [0.25, 0.3) is 0 Å². The summed E-state index contributed by atoms with van der Waals surface area (Å²) < 4.78 is 0. The van der Waals surface area contributed by atoms with E-state index >= 15 is 0 Å². The van der Waals surface area contributed by atoms with Gasteiger partial charge < -0.3 is 0 Å². The number of nitrogens with zero attached hydrogens (tertiary/aromatic N) is 2. The van der Waals surface area contributed by atoms with Gasteiger partial charge in [0, 0.05) is 4.94 Å². The predicted molar refractivity (Wildman–Crippen MR) is 91.6 cm³/mol. The van der Waals surface area contributed by atoms with Crippen LogP contribution in [-0.4, -0.2) is 22.9 Å². The van der Waals surface area contributed by atoms with Crippen LogP contribution in [0, 0.1) is 20.2 Å². The number of hydrogen-bond donors (Lipinski definition) is 0. The van der Waals surface area contributed by atoms with Crippen molar-refractivity contribution in [2.75, 3.05) is 6.61 Å². The van der Waals surface area contributed by atoms with E-state index in [1.807, 2.05) is 0 Å².